The summed E-state index contributed by atoms with van der Waals surface area (Å²) in [5.74, 6) is 0.607. The van der Waals surface area contributed by atoms with Crippen LogP contribution in [0.2, 0.25) is 0 Å². The van der Waals surface area contributed by atoms with Crippen molar-refractivity contribution in [2.45, 2.75) is 40.5 Å². The lowest BCUT2D eigenvalue weighted by Gasteiger charge is -2.29. The number of rotatable bonds is 6. The fourth-order valence-electron chi connectivity index (χ4n) is 1.78. The zero-order chi connectivity index (χ0) is 13.8. The number of carbonyl (C=O) groups is 1. The molecule has 0 atom stereocenters. The Kier molecular flexibility index (Phi) is 5.67. The van der Waals surface area contributed by atoms with Crippen LogP contribution in [-0.4, -0.2) is 18.3 Å². The lowest BCUT2D eigenvalue weighted by Crippen LogP contribution is -2.38. The van der Waals surface area contributed by atoms with E-state index in [1.54, 1.807) is 11.3 Å². The van der Waals surface area contributed by atoms with Crippen molar-refractivity contribution < 1.29 is 4.79 Å². The highest BCUT2D eigenvalue weighted by Gasteiger charge is 2.26. The average molecular weight is 288 g/mol. The summed E-state index contributed by atoms with van der Waals surface area (Å²) in [7, 11) is 0. The van der Waals surface area contributed by atoms with E-state index in [0.29, 0.717) is 12.4 Å². The van der Waals surface area contributed by atoms with Crippen LogP contribution in [0.3, 0.4) is 0 Å². The second-order valence-corrected chi connectivity index (χ2v) is 6.40. The molecule has 1 aromatic heterocycles. The summed E-state index contributed by atoms with van der Waals surface area (Å²) in [5, 5.41) is 3.02. The van der Waals surface area contributed by atoms with Gasteiger partial charge in [0.2, 0.25) is 0 Å². The number of hydrogen-bond donors (Lipinski definition) is 1. The van der Waals surface area contributed by atoms with Gasteiger partial charge in [0.1, 0.15) is 0 Å². The van der Waals surface area contributed by atoms with E-state index < -0.39 is 0 Å². The van der Waals surface area contributed by atoms with E-state index in [9.17, 15) is 4.79 Å². The van der Waals surface area contributed by atoms with Crippen molar-refractivity contribution >= 4 is 28.8 Å². The Morgan fingerprint density at radius 3 is 2.39 bits per heavy atom. The lowest BCUT2D eigenvalue weighted by atomic mass is 9.84. The molecule has 0 radical (unpaired) electrons. The zero-order valence-corrected chi connectivity index (χ0v) is 13.2. The number of thiophene rings is 1. The number of alkyl halides is 1. The number of aryl methyl sites for hydroxylation is 2. The van der Waals surface area contributed by atoms with E-state index in [-0.39, 0.29) is 11.3 Å². The van der Waals surface area contributed by atoms with Crippen LogP contribution in [0.4, 0.5) is 0 Å². The Morgan fingerprint density at radius 1 is 1.39 bits per heavy atom. The molecule has 0 bridgehead atoms. The molecule has 18 heavy (non-hydrogen) atoms. The summed E-state index contributed by atoms with van der Waals surface area (Å²) >= 11 is 7.59. The van der Waals surface area contributed by atoms with Crippen molar-refractivity contribution in [2.24, 2.45) is 5.41 Å². The highest BCUT2D eigenvalue weighted by atomic mass is 35.5. The predicted molar refractivity (Wildman–Crippen MR) is 79.9 cm³/mol. The Morgan fingerprint density at radius 2 is 2.00 bits per heavy atom. The number of halogens is 1. The van der Waals surface area contributed by atoms with Gasteiger partial charge in [-0.05, 0) is 38.3 Å². The third kappa shape index (κ3) is 3.48. The molecule has 0 spiro atoms. The van der Waals surface area contributed by atoms with Gasteiger partial charge in [0, 0.05) is 22.7 Å². The molecule has 4 heteroatoms. The summed E-state index contributed by atoms with van der Waals surface area (Å²) < 4.78 is 0. The lowest BCUT2D eigenvalue weighted by molar-refractivity contribution is 0.0936. The van der Waals surface area contributed by atoms with Crippen LogP contribution in [-0.2, 0) is 0 Å². The quantitative estimate of drug-likeness (QED) is 0.783. The van der Waals surface area contributed by atoms with Gasteiger partial charge in [-0.2, -0.15) is 0 Å². The maximum Gasteiger partial charge on any atom is 0.261 e. The van der Waals surface area contributed by atoms with E-state index in [0.717, 1.165) is 17.7 Å². The van der Waals surface area contributed by atoms with Gasteiger partial charge in [-0.15, -0.1) is 22.9 Å². The highest BCUT2D eigenvalue weighted by molar-refractivity contribution is 7.14. The molecule has 1 heterocycles. The van der Waals surface area contributed by atoms with Crippen LogP contribution >= 0.6 is 22.9 Å². The molecular formula is C14H22ClNOS. The number of amides is 1. The molecular weight excluding hydrogens is 266 g/mol. The van der Waals surface area contributed by atoms with Crippen molar-refractivity contribution in [3.63, 3.8) is 0 Å². The van der Waals surface area contributed by atoms with Crippen molar-refractivity contribution in [3.05, 3.63) is 21.4 Å². The molecule has 0 aliphatic rings. The van der Waals surface area contributed by atoms with Gasteiger partial charge < -0.3 is 5.32 Å². The maximum atomic E-state index is 12.1. The van der Waals surface area contributed by atoms with Gasteiger partial charge in [0.25, 0.3) is 5.91 Å². The number of nitrogens with one attached hydrogen (secondary N) is 1. The molecule has 1 rings (SSSR count). The first-order valence-corrected chi connectivity index (χ1v) is 7.74. The van der Waals surface area contributed by atoms with Gasteiger partial charge in [-0.25, -0.2) is 0 Å². The molecule has 0 aliphatic heterocycles. The van der Waals surface area contributed by atoms with Gasteiger partial charge in [-0.3, -0.25) is 4.79 Å². The first-order valence-electron chi connectivity index (χ1n) is 6.39. The molecule has 0 saturated heterocycles. The molecule has 0 aliphatic carbocycles. The summed E-state index contributed by atoms with van der Waals surface area (Å²) in [6.07, 6.45) is 1.96. The van der Waals surface area contributed by atoms with E-state index in [1.165, 1.54) is 10.4 Å². The zero-order valence-electron chi connectivity index (χ0n) is 11.6. The van der Waals surface area contributed by atoms with Crippen LogP contribution in [0.1, 0.15) is 46.8 Å². The Labute approximate surface area is 119 Å². The summed E-state index contributed by atoms with van der Waals surface area (Å²) in [6, 6.07) is 1.95. The molecule has 0 saturated carbocycles. The fraction of sp³-hybridized carbons (Fsp3) is 0.643. The van der Waals surface area contributed by atoms with Gasteiger partial charge in [0.15, 0.2) is 0 Å². The van der Waals surface area contributed by atoms with E-state index >= 15 is 0 Å². The van der Waals surface area contributed by atoms with Crippen LogP contribution in [0, 0.1) is 19.3 Å². The SMILES string of the molecule is CCC(CC)(CCl)CNC(=O)c1cc(C)c(C)s1. The first-order chi connectivity index (χ1) is 8.48. The standard InChI is InChI=1S/C14H22ClNOS/c1-5-14(6-2,8-15)9-16-13(17)12-7-10(3)11(4)18-12/h7H,5-6,8-9H2,1-4H3,(H,16,17). The molecule has 1 aromatic rings. The normalized spacial score (nSPS) is 11.6. The van der Waals surface area contributed by atoms with Gasteiger partial charge >= 0.3 is 0 Å². The molecule has 0 fully saturated rings. The maximum absolute atomic E-state index is 12.1. The largest absolute Gasteiger partial charge is 0.351 e. The Bertz CT molecular complexity index is 382. The third-order valence-electron chi connectivity index (χ3n) is 3.80. The van der Waals surface area contributed by atoms with Gasteiger partial charge in [0.05, 0.1) is 4.88 Å². The summed E-state index contributed by atoms with van der Waals surface area (Å²) in [4.78, 5) is 14.1. The van der Waals surface area contributed by atoms with Gasteiger partial charge in [-0.1, -0.05) is 13.8 Å². The monoisotopic (exact) mass is 287 g/mol. The molecule has 2 nitrogen and oxygen atoms in total. The molecule has 0 unspecified atom stereocenters. The first kappa shape index (κ1) is 15.5. The van der Waals surface area contributed by atoms with Crippen molar-refractivity contribution in [2.75, 3.05) is 12.4 Å². The second-order valence-electron chi connectivity index (χ2n) is 4.87. The molecule has 1 amide bonds. The van der Waals surface area contributed by atoms with Crippen molar-refractivity contribution in [1.82, 2.24) is 5.32 Å². The average Bonchev–Trinajstić information content (AvgIpc) is 2.72. The number of carbonyl (C=O) groups excluding carboxylic acids is 1. The van der Waals surface area contributed by atoms with Crippen molar-refractivity contribution in [3.8, 4) is 0 Å². The molecule has 102 valence electrons. The second kappa shape index (κ2) is 6.58. The van der Waals surface area contributed by atoms with Crippen LogP contribution in [0.25, 0.3) is 0 Å². The van der Waals surface area contributed by atoms with Crippen LogP contribution < -0.4 is 5.32 Å². The summed E-state index contributed by atoms with van der Waals surface area (Å²) in [5.41, 5.74) is 1.21. The smallest absolute Gasteiger partial charge is 0.261 e. The Hall–Kier alpha value is -0.540. The topological polar surface area (TPSA) is 29.1 Å². The highest BCUT2D eigenvalue weighted by Crippen LogP contribution is 2.27. The number of hydrogen-bond acceptors (Lipinski definition) is 2. The van der Waals surface area contributed by atoms with E-state index in [4.69, 9.17) is 11.6 Å². The molecule has 1 N–H and O–H groups in total. The Balaban J connectivity index is 2.65. The summed E-state index contributed by atoms with van der Waals surface area (Å²) in [6.45, 7) is 8.97. The minimum absolute atomic E-state index is 0.0209. The van der Waals surface area contributed by atoms with Crippen molar-refractivity contribution in [1.29, 1.82) is 0 Å². The van der Waals surface area contributed by atoms with E-state index in [1.807, 2.05) is 19.9 Å². The minimum Gasteiger partial charge on any atom is -0.351 e. The predicted octanol–water partition coefficient (Wildman–Crippen LogP) is 4.14. The van der Waals surface area contributed by atoms with Crippen LogP contribution in [0.5, 0.6) is 0 Å². The van der Waals surface area contributed by atoms with Crippen LogP contribution in [0.15, 0.2) is 6.07 Å². The third-order valence-corrected chi connectivity index (χ3v) is 5.52. The molecule has 0 aromatic carbocycles. The van der Waals surface area contributed by atoms with E-state index in [2.05, 4.69) is 19.2 Å². The fourth-order valence-corrected chi connectivity index (χ4v) is 3.20. The minimum atomic E-state index is 0.0209.